The van der Waals surface area contributed by atoms with Crippen LogP contribution in [0.2, 0.25) is 0 Å². The number of carbonyl (C=O) groups is 1. The smallest absolute Gasteiger partial charge is 0.243 e. The van der Waals surface area contributed by atoms with Crippen LogP contribution in [0.4, 0.5) is 0 Å². The van der Waals surface area contributed by atoms with Crippen LogP contribution in [0.3, 0.4) is 0 Å². The van der Waals surface area contributed by atoms with E-state index in [1.54, 1.807) is 12.1 Å². The standard InChI is InChI=1S/C23H34N2O7S/c1-30-18-6-5-7-20(12-18)33(28,29)25-14-17(26)15-31-16-22-21(25)9-8-19(32-22)13-23(27)24-10-3-2-4-11-24/h5-7,12,17,19,21-22,26H,2-4,8-11,13-16H2,1H3/t17-,19+,21-,22+/m0/s1. The summed E-state index contributed by atoms with van der Waals surface area (Å²) in [5, 5.41) is 10.4. The first kappa shape index (κ1) is 24.4. The van der Waals surface area contributed by atoms with Crippen LogP contribution in [0.5, 0.6) is 5.75 Å². The lowest BCUT2D eigenvalue weighted by Crippen LogP contribution is -2.57. The molecule has 184 valence electrons. The number of likely N-dealkylation sites (tertiary alicyclic amines) is 1. The highest BCUT2D eigenvalue weighted by Crippen LogP contribution is 2.32. The zero-order valence-corrected chi connectivity index (χ0v) is 19.9. The van der Waals surface area contributed by atoms with E-state index < -0.39 is 28.3 Å². The lowest BCUT2D eigenvalue weighted by Gasteiger charge is -2.43. The summed E-state index contributed by atoms with van der Waals surface area (Å²) in [4.78, 5) is 14.7. The number of fused-ring (bicyclic) bond motifs is 1. The first-order valence-corrected chi connectivity index (χ1v) is 13.2. The van der Waals surface area contributed by atoms with Gasteiger partial charge in [0.25, 0.3) is 0 Å². The van der Waals surface area contributed by atoms with Crippen LogP contribution in [0.25, 0.3) is 0 Å². The number of sulfonamides is 1. The van der Waals surface area contributed by atoms with E-state index >= 15 is 0 Å². The van der Waals surface area contributed by atoms with Crippen molar-refractivity contribution in [2.45, 2.75) is 67.8 Å². The minimum atomic E-state index is -3.91. The van der Waals surface area contributed by atoms with Crippen LogP contribution in [-0.2, 0) is 24.3 Å². The maximum atomic E-state index is 13.6. The van der Waals surface area contributed by atoms with E-state index in [4.69, 9.17) is 14.2 Å². The van der Waals surface area contributed by atoms with Crippen LogP contribution >= 0.6 is 0 Å². The Morgan fingerprint density at radius 3 is 2.73 bits per heavy atom. The molecule has 0 aromatic heterocycles. The fraction of sp³-hybridized carbons (Fsp3) is 0.696. The summed E-state index contributed by atoms with van der Waals surface area (Å²) in [7, 11) is -2.43. The number of aliphatic hydroxyl groups excluding tert-OH is 1. The van der Waals surface area contributed by atoms with E-state index in [9.17, 15) is 18.3 Å². The molecular weight excluding hydrogens is 448 g/mol. The molecule has 0 radical (unpaired) electrons. The molecule has 3 aliphatic rings. The van der Waals surface area contributed by atoms with Crippen molar-refractivity contribution in [3.8, 4) is 5.75 Å². The third kappa shape index (κ3) is 5.68. The summed E-state index contributed by atoms with van der Waals surface area (Å²) in [6.07, 6.45) is 2.92. The van der Waals surface area contributed by atoms with E-state index in [2.05, 4.69) is 0 Å². The molecular formula is C23H34N2O7S. The summed E-state index contributed by atoms with van der Waals surface area (Å²) in [5.74, 6) is 0.543. The maximum absolute atomic E-state index is 13.6. The molecule has 3 saturated heterocycles. The van der Waals surface area contributed by atoms with Crippen molar-refractivity contribution < 1.29 is 32.5 Å². The van der Waals surface area contributed by atoms with Gasteiger partial charge < -0.3 is 24.2 Å². The maximum Gasteiger partial charge on any atom is 0.243 e. The van der Waals surface area contributed by atoms with Gasteiger partial charge in [-0.2, -0.15) is 4.31 Å². The molecule has 0 saturated carbocycles. The van der Waals surface area contributed by atoms with Crippen molar-refractivity contribution in [1.29, 1.82) is 0 Å². The molecule has 1 amide bonds. The zero-order chi connectivity index (χ0) is 23.4. The van der Waals surface area contributed by atoms with Gasteiger partial charge in [0.2, 0.25) is 15.9 Å². The Labute approximate surface area is 195 Å². The normalized spacial score (nSPS) is 29.6. The van der Waals surface area contributed by atoms with Crippen LogP contribution < -0.4 is 4.74 Å². The Balaban J connectivity index is 1.51. The molecule has 0 bridgehead atoms. The number of β-amino-alcohol motifs (C(OH)–C–C–N with tert-alkyl or cyclic N) is 1. The summed E-state index contributed by atoms with van der Waals surface area (Å²) >= 11 is 0. The SMILES string of the molecule is COc1cccc(S(=O)(=O)N2C[C@H](O)COC[C@H]3O[C@@H](CC(=O)N4CCCCC4)CC[C@@H]32)c1. The van der Waals surface area contributed by atoms with Crippen molar-refractivity contribution >= 4 is 15.9 Å². The first-order valence-electron chi connectivity index (χ1n) is 11.7. The molecule has 3 heterocycles. The molecule has 4 atom stereocenters. The average Bonchev–Trinajstić information content (AvgIpc) is 2.82. The summed E-state index contributed by atoms with van der Waals surface area (Å²) in [6, 6.07) is 5.84. The largest absolute Gasteiger partial charge is 0.497 e. The quantitative estimate of drug-likeness (QED) is 0.676. The van der Waals surface area contributed by atoms with Crippen molar-refractivity contribution in [2.24, 2.45) is 0 Å². The molecule has 10 heteroatoms. The van der Waals surface area contributed by atoms with Gasteiger partial charge in [0.15, 0.2) is 0 Å². The molecule has 0 spiro atoms. The highest BCUT2D eigenvalue weighted by atomic mass is 32.2. The van der Waals surface area contributed by atoms with E-state index in [-0.39, 0.29) is 36.7 Å². The van der Waals surface area contributed by atoms with Gasteiger partial charge in [0.05, 0.1) is 56.0 Å². The van der Waals surface area contributed by atoms with Gasteiger partial charge in [-0.3, -0.25) is 4.79 Å². The fourth-order valence-electron chi connectivity index (χ4n) is 4.94. The molecule has 1 aromatic carbocycles. The number of hydrogen-bond donors (Lipinski definition) is 1. The van der Waals surface area contributed by atoms with Gasteiger partial charge in [-0.25, -0.2) is 8.42 Å². The lowest BCUT2D eigenvalue weighted by atomic mass is 9.96. The molecule has 4 rings (SSSR count). The fourth-order valence-corrected chi connectivity index (χ4v) is 6.69. The third-order valence-electron chi connectivity index (χ3n) is 6.69. The number of benzene rings is 1. The molecule has 33 heavy (non-hydrogen) atoms. The van der Waals surface area contributed by atoms with Crippen LogP contribution in [0.1, 0.15) is 38.5 Å². The predicted molar refractivity (Wildman–Crippen MR) is 120 cm³/mol. The molecule has 0 unspecified atom stereocenters. The van der Waals surface area contributed by atoms with Crippen molar-refractivity contribution in [1.82, 2.24) is 9.21 Å². The van der Waals surface area contributed by atoms with Gasteiger partial charge in [0.1, 0.15) is 5.75 Å². The topological polar surface area (TPSA) is 106 Å². The zero-order valence-electron chi connectivity index (χ0n) is 19.1. The Kier molecular flexibility index (Phi) is 7.91. The minimum Gasteiger partial charge on any atom is -0.497 e. The molecule has 9 nitrogen and oxygen atoms in total. The summed E-state index contributed by atoms with van der Waals surface area (Å²) in [5.41, 5.74) is 0. The number of amides is 1. The number of methoxy groups -OCH3 is 1. The van der Waals surface area contributed by atoms with Gasteiger partial charge in [-0.1, -0.05) is 6.07 Å². The minimum absolute atomic E-state index is 0.0219. The van der Waals surface area contributed by atoms with E-state index in [1.165, 1.54) is 23.5 Å². The third-order valence-corrected chi connectivity index (χ3v) is 8.58. The van der Waals surface area contributed by atoms with Crippen LogP contribution in [-0.4, -0.2) is 92.9 Å². The Morgan fingerprint density at radius 2 is 1.97 bits per heavy atom. The van der Waals surface area contributed by atoms with E-state index in [1.807, 2.05) is 4.90 Å². The first-order chi connectivity index (χ1) is 15.9. The molecule has 3 fully saturated rings. The lowest BCUT2D eigenvalue weighted by molar-refractivity contribution is -0.152. The molecule has 3 aliphatic heterocycles. The Hall–Kier alpha value is -1.72. The van der Waals surface area contributed by atoms with Gasteiger partial charge in [-0.05, 0) is 44.2 Å². The summed E-state index contributed by atoms with van der Waals surface area (Å²) < 4.78 is 45.6. The van der Waals surface area contributed by atoms with Gasteiger partial charge in [-0.15, -0.1) is 0 Å². The number of rotatable bonds is 5. The number of aliphatic hydroxyl groups is 1. The van der Waals surface area contributed by atoms with E-state index in [0.29, 0.717) is 25.0 Å². The second-order valence-electron chi connectivity index (χ2n) is 9.03. The Morgan fingerprint density at radius 1 is 1.18 bits per heavy atom. The summed E-state index contributed by atoms with van der Waals surface area (Å²) in [6.45, 7) is 1.70. The van der Waals surface area contributed by atoms with Crippen molar-refractivity contribution in [2.75, 3.05) is 40.0 Å². The Bertz CT molecular complexity index is 919. The van der Waals surface area contributed by atoms with E-state index in [0.717, 1.165) is 32.4 Å². The number of ether oxygens (including phenoxy) is 3. The van der Waals surface area contributed by atoms with Crippen molar-refractivity contribution in [3.05, 3.63) is 24.3 Å². The van der Waals surface area contributed by atoms with Crippen LogP contribution in [0, 0.1) is 0 Å². The van der Waals surface area contributed by atoms with Gasteiger partial charge >= 0.3 is 0 Å². The monoisotopic (exact) mass is 482 g/mol. The number of nitrogens with zero attached hydrogens (tertiary/aromatic N) is 2. The second-order valence-corrected chi connectivity index (χ2v) is 10.9. The number of piperidine rings is 1. The van der Waals surface area contributed by atoms with Crippen molar-refractivity contribution in [3.63, 3.8) is 0 Å². The highest BCUT2D eigenvalue weighted by Gasteiger charge is 2.43. The predicted octanol–water partition coefficient (Wildman–Crippen LogP) is 1.40. The number of hydrogen-bond acceptors (Lipinski definition) is 7. The van der Waals surface area contributed by atoms with Gasteiger partial charge in [0, 0.05) is 25.7 Å². The molecule has 1 aromatic rings. The average molecular weight is 483 g/mol. The highest BCUT2D eigenvalue weighted by molar-refractivity contribution is 7.89. The second kappa shape index (κ2) is 10.7. The molecule has 1 N–H and O–H groups in total. The van der Waals surface area contributed by atoms with Crippen LogP contribution in [0.15, 0.2) is 29.2 Å². The molecule has 0 aliphatic carbocycles. The number of carbonyl (C=O) groups excluding carboxylic acids is 1.